The van der Waals surface area contributed by atoms with Gasteiger partial charge in [-0.1, -0.05) is 338 Å². The second-order valence-electron chi connectivity index (χ2n) is 29.2. The first-order valence-corrected chi connectivity index (χ1v) is 42.8. The minimum atomic E-state index is -4.96. The van der Waals surface area contributed by atoms with Gasteiger partial charge in [0, 0.05) is 25.7 Å². The van der Waals surface area contributed by atoms with Crippen molar-refractivity contribution in [2.75, 3.05) is 39.6 Å². The fraction of sp³-hybridized carbons (Fsp3) is 0.948. The lowest BCUT2D eigenvalue weighted by atomic mass is 9.99. The summed E-state index contributed by atoms with van der Waals surface area (Å²) in [5, 5.41) is 10.6. The Morgan fingerprint density at radius 3 is 0.740 bits per heavy atom. The molecule has 0 aliphatic heterocycles. The first-order valence-electron chi connectivity index (χ1n) is 39.8. The molecule has 0 heterocycles. The highest BCUT2D eigenvalue weighted by Gasteiger charge is 2.30. The van der Waals surface area contributed by atoms with Crippen molar-refractivity contribution in [1.82, 2.24) is 0 Å². The molecule has 3 N–H and O–H groups in total. The Balaban J connectivity index is 5.16. The molecular formula is C77H150O17P2. The molecule has 0 saturated heterocycles. The van der Waals surface area contributed by atoms with E-state index in [4.69, 9.17) is 37.0 Å². The quantitative estimate of drug-likeness (QED) is 0.0222. The van der Waals surface area contributed by atoms with Gasteiger partial charge in [-0.2, -0.15) is 0 Å². The van der Waals surface area contributed by atoms with Gasteiger partial charge in [-0.15, -0.1) is 0 Å². The van der Waals surface area contributed by atoms with E-state index < -0.39 is 97.5 Å². The van der Waals surface area contributed by atoms with Gasteiger partial charge in [0.25, 0.3) is 0 Å². The minimum Gasteiger partial charge on any atom is -0.462 e. The molecule has 0 aromatic carbocycles. The molecule has 0 rings (SSSR count). The Labute approximate surface area is 588 Å². The minimum absolute atomic E-state index is 0.105. The summed E-state index contributed by atoms with van der Waals surface area (Å²) < 4.78 is 68.5. The number of unbranched alkanes of at least 4 members (excludes halogenated alkanes) is 38. The van der Waals surface area contributed by atoms with E-state index >= 15 is 0 Å². The third kappa shape index (κ3) is 67.9. The fourth-order valence-electron chi connectivity index (χ4n) is 11.7. The van der Waals surface area contributed by atoms with Crippen LogP contribution < -0.4 is 0 Å². The zero-order valence-electron chi connectivity index (χ0n) is 63.0. The van der Waals surface area contributed by atoms with Crippen molar-refractivity contribution in [2.45, 2.75) is 408 Å². The zero-order chi connectivity index (χ0) is 71.0. The molecule has 570 valence electrons. The second kappa shape index (κ2) is 66.3. The number of phosphoric acid groups is 2. The molecule has 0 radical (unpaired) electrons. The first kappa shape index (κ1) is 94.1. The first-order chi connectivity index (χ1) is 46.2. The van der Waals surface area contributed by atoms with Crippen molar-refractivity contribution in [1.29, 1.82) is 0 Å². The Hall–Kier alpha value is -1.94. The molecule has 96 heavy (non-hydrogen) atoms. The second-order valence-corrected chi connectivity index (χ2v) is 32.1. The van der Waals surface area contributed by atoms with Crippen LogP contribution in [0.4, 0.5) is 0 Å². The molecule has 0 bridgehead atoms. The van der Waals surface area contributed by atoms with E-state index in [-0.39, 0.29) is 25.7 Å². The number of aliphatic hydroxyl groups excluding tert-OH is 1. The van der Waals surface area contributed by atoms with Crippen LogP contribution in [0.2, 0.25) is 0 Å². The summed E-state index contributed by atoms with van der Waals surface area (Å²) in [7, 11) is -9.91. The van der Waals surface area contributed by atoms with Gasteiger partial charge in [-0.05, 0) is 49.4 Å². The zero-order valence-corrected chi connectivity index (χ0v) is 64.8. The van der Waals surface area contributed by atoms with Crippen molar-refractivity contribution in [3.63, 3.8) is 0 Å². The van der Waals surface area contributed by atoms with E-state index in [0.29, 0.717) is 31.6 Å². The van der Waals surface area contributed by atoms with Crippen LogP contribution in [0.15, 0.2) is 0 Å². The predicted molar refractivity (Wildman–Crippen MR) is 391 cm³/mol. The summed E-state index contributed by atoms with van der Waals surface area (Å²) in [6.07, 6.45) is 51.6. The summed E-state index contributed by atoms with van der Waals surface area (Å²) in [5.41, 5.74) is 0. The molecule has 0 aliphatic rings. The highest BCUT2D eigenvalue weighted by atomic mass is 31.2. The van der Waals surface area contributed by atoms with Crippen LogP contribution in [0.25, 0.3) is 0 Å². The number of rotatable bonds is 74. The predicted octanol–water partition coefficient (Wildman–Crippen LogP) is 22.4. The summed E-state index contributed by atoms with van der Waals surface area (Å²) in [5.74, 6) is 0.934. The van der Waals surface area contributed by atoms with E-state index in [0.717, 1.165) is 120 Å². The molecule has 0 amide bonds. The highest BCUT2D eigenvalue weighted by molar-refractivity contribution is 7.47. The average molecular weight is 1410 g/mol. The number of ether oxygens (including phenoxy) is 4. The van der Waals surface area contributed by atoms with Crippen LogP contribution in [-0.2, 0) is 65.4 Å². The van der Waals surface area contributed by atoms with Gasteiger partial charge < -0.3 is 33.8 Å². The number of hydrogen-bond acceptors (Lipinski definition) is 15. The maximum Gasteiger partial charge on any atom is 0.472 e. The molecule has 0 fully saturated rings. The fourth-order valence-corrected chi connectivity index (χ4v) is 13.2. The Kier molecular flexibility index (Phi) is 65.0. The maximum absolute atomic E-state index is 13.1. The highest BCUT2D eigenvalue weighted by Crippen LogP contribution is 2.45. The SMILES string of the molecule is CCC(C)CCCCCCCCCCCCCCCCCCCCC(=O)O[C@H](COC(=O)CCCCCCCCC(C)CC)COP(=O)(O)OC[C@@H](O)COP(=O)(O)OC[C@@H](COC(=O)CCCCCCCCC(C)C)OC(=O)CCCCCCCCCCCCCCC(C)C. The van der Waals surface area contributed by atoms with Gasteiger partial charge in [-0.3, -0.25) is 37.3 Å². The topological polar surface area (TPSA) is 237 Å². The Morgan fingerprint density at radius 2 is 0.500 bits per heavy atom. The van der Waals surface area contributed by atoms with E-state index in [9.17, 15) is 43.2 Å². The molecule has 0 aromatic rings. The molecule has 19 heteroatoms. The molecule has 4 unspecified atom stereocenters. The molecule has 17 nitrogen and oxygen atoms in total. The molecule has 0 spiro atoms. The van der Waals surface area contributed by atoms with Gasteiger partial charge >= 0.3 is 39.5 Å². The number of carbonyl (C=O) groups is 4. The summed E-state index contributed by atoms with van der Waals surface area (Å²) in [6.45, 7) is 14.2. The third-order valence-electron chi connectivity index (χ3n) is 18.5. The summed E-state index contributed by atoms with van der Waals surface area (Å²) in [4.78, 5) is 72.7. The van der Waals surface area contributed by atoms with E-state index in [1.54, 1.807) is 0 Å². The van der Waals surface area contributed by atoms with Crippen LogP contribution in [0, 0.1) is 23.7 Å². The van der Waals surface area contributed by atoms with Gasteiger partial charge in [0.15, 0.2) is 12.2 Å². The van der Waals surface area contributed by atoms with Crippen LogP contribution in [0.3, 0.4) is 0 Å². The van der Waals surface area contributed by atoms with Crippen LogP contribution in [0.5, 0.6) is 0 Å². The molecule has 7 atom stereocenters. The Morgan fingerprint density at radius 1 is 0.292 bits per heavy atom. The smallest absolute Gasteiger partial charge is 0.462 e. The number of phosphoric ester groups is 2. The molecule has 0 aromatic heterocycles. The van der Waals surface area contributed by atoms with Crippen molar-refractivity contribution >= 4 is 39.5 Å². The standard InChI is InChI=1S/C77H150O17P2/c1-9-69(7)55-47-39-30-26-22-17-15-13-11-12-14-16-18-23-27-31-43-51-59-76(81)94-73(64-88-75(80)58-50-42-36-34-40-48-56-70(8)10-2)66-92-96(85,86)90-62-71(78)61-89-95(83,84)91-65-72(63-87-74(79)57-49-41-35-33-38-46-54-68(5)6)93-77(82)60-52-44-32-28-24-20-19-21-25-29-37-45-53-67(3)4/h67-73,78H,9-66H2,1-8H3,(H,83,84)(H,85,86)/t69?,70?,71-,72+,73+/m0/s1. The summed E-state index contributed by atoms with van der Waals surface area (Å²) >= 11 is 0. The van der Waals surface area contributed by atoms with Gasteiger partial charge in [0.05, 0.1) is 26.4 Å². The van der Waals surface area contributed by atoms with E-state index in [1.807, 2.05) is 0 Å². The third-order valence-corrected chi connectivity index (χ3v) is 20.4. The lowest BCUT2D eigenvalue weighted by Crippen LogP contribution is -2.30. The Bertz CT molecular complexity index is 1890. The molecule has 0 saturated carbocycles. The lowest BCUT2D eigenvalue weighted by Gasteiger charge is -2.21. The average Bonchev–Trinajstić information content (AvgIpc) is 1.84. The van der Waals surface area contributed by atoms with Crippen LogP contribution in [0.1, 0.15) is 389 Å². The lowest BCUT2D eigenvalue weighted by molar-refractivity contribution is -0.161. The van der Waals surface area contributed by atoms with Crippen LogP contribution >= 0.6 is 15.6 Å². The summed E-state index contributed by atoms with van der Waals surface area (Å²) in [6, 6.07) is 0. The number of esters is 4. The molecular weight excluding hydrogens is 1260 g/mol. The van der Waals surface area contributed by atoms with Gasteiger partial charge in [0.1, 0.15) is 19.3 Å². The van der Waals surface area contributed by atoms with E-state index in [2.05, 4.69) is 55.4 Å². The maximum atomic E-state index is 13.1. The van der Waals surface area contributed by atoms with E-state index in [1.165, 1.54) is 180 Å². The van der Waals surface area contributed by atoms with Crippen molar-refractivity contribution in [2.24, 2.45) is 23.7 Å². The number of aliphatic hydroxyl groups is 1. The largest absolute Gasteiger partial charge is 0.472 e. The van der Waals surface area contributed by atoms with Crippen molar-refractivity contribution in [3.05, 3.63) is 0 Å². The van der Waals surface area contributed by atoms with Crippen molar-refractivity contribution in [3.8, 4) is 0 Å². The number of hydrogen-bond donors (Lipinski definition) is 3. The normalized spacial score (nSPS) is 14.7. The molecule has 0 aliphatic carbocycles. The van der Waals surface area contributed by atoms with Gasteiger partial charge in [-0.25, -0.2) is 9.13 Å². The number of carbonyl (C=O) groups excluding carboxylic acids is 4. The van der Waals surface area contributed by atoms with Crippen molar-refractivity contribution < 1.29 is 80.2 Å². The monoisotopic (exact) mass is 1410 g/mol. The van der Waals surface area contributed by atoms with Gasteiger partial charge in [0.2, 0.25) is 0 Å². The van der Waals surface area contributed by atoms with Crippen LogP contribution in [-0.4, -0.2) is 96.7 Å².